The van der Waals surface area contributed by atoms with E-state index in [4.69, 9.17) is 9.47 Å². The zero-order chi connectivity index (χ0) is 17.8. The molecule has 1 heterocycles. The molecule has 0 spiro atoms. The molecule has 2 aromatic rings. The van der Waals surface area contributed by atoms with Crippen molar-refractivity contribution >= 4 is 28.0 Å². The molecule has 1 aliphatic rings. The third-order valence-corrected chi connectivity index (χ3v) is 4.39. The fourth-order valence-corrected chi connectivity index (χ4v) is 3.18. The van der Waals surface area contributed by atoms with E-state index in [1.165, 1.54) is 17.0 Å². The number of halogens is 1. The van der Waals surface area contributed by atoms with Crippen molar-refractivity contribution in [2.75, 3.05) is 13.2 Å². The van der Waals surface area contributed by atoms with Crippen LogP contribution in [0.15, 0.2) is 46.9 Å². The number of amides is 1. The summed E-state index contributed by atoms with van der Waals surface area (Å²) >= 11 is 3.33. The van der Waals surface area contributed by atoms with E-state index >= 15 is 0 Å². The Balaban J connectivity index is 1.74. The van der Waals surface area contributed by atoms with Gasteiger partial charge in [-0.1, -0.05) is 30.3 Å². The number of hydrogen-bond acceptors (Lipinski definition) is 4. The summed E-state index contributed by atoms with van der Waals surface area (Å²) in [5.74, 6) is -0.477. The summed E-state index contributed by atoms with van der Waals surface area (Å²) in [4.78, 5) is 25.1. The highest BCUT2D eigenvalue weighted by molar-refractivity contribution is 9.10. The number of fused-ring (bicyclic) bond motifs is 1. The zero-order valence-electron chi connectivity index (χ0n) is 13.3. The minimum absolute atomic E-state index is 0.133. The van der Waals surface area contributed by atoms with Crippen molar-refractivity contribution in [3.63, 3.8) is 0 Å². The molecule has 1 amide bonds. The average Bonchev–Trinajstić information content (AvgIpc) is 2.83. The molecule has 0 atom stereocenters. The van der Waals surface area contributed by atoms with Gasteiger partial charge in [-0.2, -0.15) is 0 Å². The van der Waals surface area contributed by atoms with E-state index < -0.39 is 12.1 Å². The molecule has 2 aromatic carbocycles. The van der Waals surface area contributed by atoms with Crippen molar-refractivity contribution < 1.29 is 24.2 Å². The summed E-state index contributed by atoms with van der Waals surface area (Å²) in [6.07, 6.45) is -0.461. The van der Waals surface area contributed by atoms with Gasteiger partial charge in [0, 0.05) is 5.56 Å². The van der Waals surface area contributed by atoms with Crippen molar-refractivity contribution in [1.82, 2.24) is 4.90 Å². The molecule has 1 N–H and O–H groups in total. The second-order valence-electron chi connectivity index (χ2n) is 5.56. The number of carbonyl (C=O) groups excluding carboxylic acids is 1. The van der Waals surface area contributed by atoms with Crippen LogP contribution in [0.4, 0.5) is 4.79 Å². The van der Waals surface area contributed by atoms with Crippen LogP contribution in [-0.4, -0.2) is 35.2 Å². The Morgan fingerprint density at radius 2 is 2.00 bits per heavy atom. The third kappa shape index (κ3) is 4.11. The second-order valence-corrected chi connectivity index (χ2v) is 6.42. The van der Waals surface area contributed by atoms with Gasteiger partial charge in [0.05, 0.1) is 23.1 Å². The highest BCUT2D eigenvalue weighted by atomic mass is 79.9. The van der Waals surface area contributed by atoms with Crippen LogP contribution in [0.25, 0.3) is 0 Å². The lowest BCUT2D eigenvalue weighted by atomic mass is 10.1. The summed E-state index contributed by atoms with van der Waals surface area (Å²) in [6.45, 7) is 1.07. The monoisotopic (exact) mass is 405 g/mol. The van der Waals surface area contributed by atoms with Gasteiger partial charge in [0.15, 0.2) is 0 Å². The van der Waals surface area contributed by atoms with Crippen LogP contribution in [0, 0.1) is 0 Å². The molecule has 0 aliphatic carbocycles. The maximum atomic E-state index is 12.4. The van der Waals surface area contributed by atoms with Gasteiger partial charge in [0.25, 0.3) is 0 Å². The van der Waals surface area contributed by atoms with Crippen LogP contribution in [0.5, 0.6) is 5.75 Å². The van der Waals surface area contributed by atoms with Crippen LogP contribution < -0.4 is 4.74 Å². The molecule has 0 saturated carbocycles. The van der Waals surface area contributed by atoms with Crippen LogP contribution in [-0.2, 0) is 17.9 Å². The molecule has 25 heavy (non-hydrogen) atoms. The molecule has 0 aromatic heterocycles. The Morgan fingerprint density at radius 3 is 2.72 bits per heavy atom. The number of nitrogens with zero attached hydrogens (tertiary/aromatic N) is 1. The first kappa shape index (κ1) is 17.3. The second kappa shape index (κ2) is 7.57. The van der Waals surface area contributed by atoms with E-state index in [9.17, 15) is 14.7 Å². The Bertz CT molecular complexity index is 794. The molecule has 0 radical (unpaired) electrons. The number of carboxylic acids is 1. The molecular weight excluding hydrogens is 390 g/mol. The van der Waals surface area contributed by atoms with Gasteiger partial charge in [-0.15, -0.1) is 0 Å². The van der Waals surface area contributed by atoms with Crippen molar-refractivity contribution in [3.05, 3.63) is 63.6 Å². The minimum atomic E-state index is -1.04. The van der Waals surface area contributed by atoms with Crippen LogP contribution in [0.1, 0.15) is 21.5 Å². The maximum absolute atomic E-state index is 12.4. The molecule has 0 fully saturated rings. The lowest BCUT2D eigenvalue weighted by Gasteiger charge is -2.19. The molecule has 6 nitrogen and oxygen atoms in total. The summed E-state index contributed by atoms with van der Waals surface area (Å²) in [5.41, 5.74) is 1.66. The van der Waals surface area contributed by atoms with E-state index in [1.54, 1.807) is 0 Å². The number of benzene rings is 2. The maximum Gasteiger partial charge on any atom is 0.410 e. The number of rotatable bonds is 3. The first-order chi connectivity index (χ1) is 12.0. The predicted octanol–water partition coefficient (Wildman–Crippen LogP) is 3.68. The Hall–Kier alpha value is -2.54. The molecular formula is C18H16BrNO5. The Morgan fingerprint density at radius 1 is 1.24 bits per heavy atom. The SMILES string of the molecule is O=C(O)c1cc(Br)c2c(c1)CN(C(=O)OCc1ccccc1)CCO2. The molecule has 7 heteroatoms. The molecule has 3 rings (SSSR count). The van der Waals surface area contributed by atoms with Gasteiger partial charge in [-0.3, -0.25) is 0 Å². The van der Waals surface area contributed by atoms with Gasteiger partial charge >= 0.3 is 12.1 Å². The first-order valence-corrected chi connectivity index (χ1v) is 8.48. The first-order valence-electron chi connectivity index (χ1n) is 7.68. The predicted molar refractivity (Wildman–Crippen MR) is 93.6 cm³/mol. The van der Waals surface area contributed by atoms with E-state index in [0.717, 1.165) is 5.56 Å². The summed E-state index contributed by atoms with van der Waals surface area (Å²) in [5, 5.41) is 9.20. The standard InChI is InChI=1S/C18H16BrNO5/c19-15-9-13(17(21)22)8-14-10-20(6-7-24-16(14)15)18(23)25-11-12-4-2-1-3-5-12/h1-5,8-9H,6-7,10-11H2,(H,21,22). The number of carboxylic acid groups (broad SMARTS) is 1. The normalized spacial score (nSPS) is 13.4. The van der Waals surface area contributed by atoms with Crippen molar-refractivity contribution in [1.29, 1.82) is 0 Å². The van der Waals surface area contributed by atoms with E-state index in [2.05, 4.69) is 15.9 Å². The number of aromatic carboxylic acids is 1. The van der Waals surface area contributed by atoms with Crippen LogP contribution in [0.3, 0.4) is 0 Å². The Kier molecular flexibility index (Phi) is 5.23. The number of hydrogen-bond donors (Lipinski definition) is 1. The number of ether oxygens (including phenoxy) is 2. The van der Waals surface area contributed by atoms with Gasteiger partial charge in [0.2, 0.25) is 0 Å². The van der Waals surface area contributed by atoms with E-state index in [1.807, 2.05) is 30.3 Å². The van der Waals surface area contributed by atoms with Crippen molar-refractivity contribution in [2.24, 2.45) is 0 Å². The van der Waals surface area contributed by atoms with Gasteiger partial charge < -0.3 is 19.5 Å². The molecule has 0 bridgehead atoms. The molecule has 0 unspecified atom stereocenters. The smallest absolute Gasteiger partial charge is 0.410 e. The van der Waals surface area contributed by atoms with Crippen molar-refractivity contribution in [2.45, 2.75) is 13.2 Å². The van der Waals surface area contributed by atoms with E-state index in [-0.39, 0.29) is 18.7 Å². The molecule has 1 aliphatic heterocycles. The van der Waals surface area contributed by atoms with Crippen LogP contribution >= 0.6 is 15.9 Å². The summed E-state index contributed by atoms with van der Waals surface area (Å²) in [7, 11) is 0. The topological polar surface area (TPSA) is 76.1 Å². The fourth-order valence-electron chi connectivity index (χ4n) is 2.56. The van der Waals surface area contributed by atoms with Gasteiger partial charge in [-0.25, -0.2) is 9.59 Å². The largest absolute Gasteiger partial charge is 0.490 e. The van der Waals surface area contributed by atoms with Gasteiger partial charge in [-0.05, 0) is 33.6 Å². The summed E-state index contributed by atoms with van der Waals surface area (Å²) in [6, 6.07) is 12.4. The quantitative estimate of drug-likeness (QED) is 0.842. The lowest BCUT2D eigenvalue weighted by molar-refractivity contribution is 0.0696. The zero-order valence-corrected chi connectivity index (χ0v) is 14.9. The highest BCUT2D eigenvalue weighted by Gasteiger charge is 2.24. The lowest BCUT2D eigenvalue weighted by Crippen LogP contribution is -2.32. The minimum Gasteiger partial charge on any atom is -0.490 e. The highest BCUT2D eigenvalue weighted by Crippen LogP contribution is 2.33. The van der Waals surface area contributed by atoms with E-state index in [0.29, 0.717) is 28.9 Å². The van der Waals surface area contributed by atoms with Crippen molar-refractivity contribution in [3.8, 4) is 5.75 Å². The fraction of sp³-hybridized carbons (Fsp3) is 0.222. The molecule has 0 saturated heterocycles. The number of carbonyl (C=O) groups is 2. The third-order valence-electron chi connectivity index (χ3n) is 3.80. The molecule has 130 valence electrons. The average molecular weight is 406 g/mol. The Labute approximate surface area is 153 Å². The van der Waals surface area contributed by atoms with Gasteiger partial charge in [0.1, 0.15) is 19.0 Å². The summed E-state index contributed by atoms with van der Waals surface area (Å²) < 4.78 is 11.6. The van der Waals surface area contributed by atoms with Crippen LogP contribution in [0.2, 0.25) is 0 Å².